The summed E-state index contributed by atoms with van der Waals surface area (Å²) in [7, 11) is 3.89. The van der Waals surface area contributed by atoms with Gasteiger partial charge in [0.25, 0.3) is 11.7 Å². The van der Waals surface area contributed by atoms with Gasteiger partial charge in [-0.05, 0) is 78.4 Å². The Hall–Kier alpha value is -4.06. The minimum absolute atomic E-state index is 0.0746. The molecule has 198 valence electrons. The van der Waals surface area contributed by atoms with Gasteiger partial charge in [-0.15, -0.1) is 0 Å². The number of anilines is 2. The Bertz CT molecular complexity index is 1360. The second-order valence-corrected chi connectivity index (χ2v) is 10.2. The predicted molar refractivity (Wildman–Crippen MR) is 153 cm³/mol. The van der Waals surface area contributed by atoms with Crippen LogP contribution in [0.2, 0.25) is 0 Å². The van der Waals surface area contributed by atoms with E-state index in [1.165, 1.54) is 4.90 Å². The van der Waals surface area contributed by atoms with Crippen LogP contribution in [-0.2, 0) is 9.59 Å². The van der Waals surface area contributed by atoms with Crippen molar-refractivity contribution in [2.24, 2.45) is 0 Å². The number of Topliss-reactive ketones (excluding diaryl/α,β-unsaturated/α-hetero) is 1. The number of aliphatic hydroxyl groups excluding tert-OH is 1. The van der Waals surface area contributed by atoms with Gasteiger partial charge in [0.1, 0.15) is 11.5 Å². The summed E-state index contributed by atoms with van der Waals surface area (Å²) < 4.78 is 5.78. The molecule has 1 atom stereocenters. The van der Waals surface area contributed by atoms with Gasteiger partial charge in [0.15, 0.2) is 0 Å². The van der Waals surface area contributed by atoms with Crippen LogP contribution in [0.3, 0.4) is 0 Å². The lowest BCUT2D eigenvalue weighted by Crippen LogP contribution is -2.29. The lowest BCUT2D eigenvalue weighted by atomic mass is 9.92. The Morgan fingerprint density at radius 2 is 1.66 bits per heavy atom. The Labute approximate surface area is 225 Å². The van der Waals surface area contributed by atoms with Crippen LogP contribution in [0.15, 0.2) is 72.3 Å². The molecule has 1 unspecified atom stereocenters. The number of amides is 1. The summed E-state index contributed by atoms with van der Waals surface area (Å²) in [6.45, 7) is 8.76. The number of benzene rings is 3. The van der Waals surface area contributed by atoms with Crippen LogP contribution >= 0.6 is 0 Å². The zero-order valence-corrected chi connectivity index (χ0v) is 23.0. The van der Waals surface area contributed by atoms with E-state index in [-0.39, 0.29) is 11.3 Å². The molecule has 1 N–H and O–H groups in total. The molecule has 1 heterocycles. The summed E-state index contributed by atoms with van der Waals surface area (Å²) in [4.78, 5) is 30.4. The highest BCUT2D eigenvalue weighted by Crippen LogP contribution is 2.43. The first kappa shape index (κ1) is 27.0. The molecule has 0 aliphatic carbocycles. The van der Waals surface area contributed by atoms with E-state index in [2.05, 4.69) is 13.8 Å². The third-order valence-electron chi connectivity index (χ3n) is 6.92. The van der Waals surface area contributed by atoms with Gasteiger partial charge in [-0.25, -0.2) is 0 Å². The fraction of sp³-hybridized carbons (Fsp3) is 0.312. The molecule has 1 aliphatic heterocycles. The number of nitrogens with zero attached hydrogens (tertiary/aromatic N) is 2. The number of aryl methyl sites for hydroxylation is 1. The molecule has 1 saturated heterocycles. The Balaban J connectivity index is 1.86. The Morgan fingerprint density at radius 3 is 2.21 bits per heavy atom. The smallest absolute Gasteiger partial charge is 0.300 e. The van der Waals surface area contributed by atoms with Crippen LogP contribution in [0.5, 0.6) is 5.75 Å². The Kier molecular flexibility index (Phi) is 7.91. The van der Waals surface area contributed by atoms with Gasteiger partial charge in [0.05, 0.1) is 18.2 Å². The molecule has 0 radical (unpaired) electrons. The van der Waals surface area contributed by atoms with Gasteiger partial charge in [-0.3, -0.25) is 14.5 Å². The lowest BCUT2D eigenvalue weighted by Gasteiger charge is -2.26. The van der Waals surface area contributed by atoms with E-state index >= 15 is 0 Å². The van der Waals surface area contributed by atoms with E-state index in [1.54, 1.807) is 18.2 Å². The number of rotatable bonds is 8. The SMILES string of the molecule is CCCOc1ccc(/C(O)=C2/C(=O)C(=O)N(c3ccc(N(C)C)cc3)C2c2ccc(C(C)C)cc2)cc1C. The minimum Gasteiger partial charge on any atom is -0.507 e. The van der Waals surface area contributed by atoms with Crippen LogP contribution < -0.4 is 14.5 Å². The van der Waals surface area contributed by atoms with Crippen molar-refractivity contribution in [3.8, 4) is 5.75 Å². The fourth-order valence-electron chi connectivity index (χ4n) is 4.71. The second kappa shape index (κ2) is 11.1. The highest BCUT2D eigenvalue weighted by molar-refractivity contribution is 6.51. The molecule has 1 fully saturated rings. The number of carbonyl (C=O) groups is 2. The maximum absolute atomic E-state index is 13.5. The monoisotopic (exact) mass is 512 g/mol. The van der Waals surface area contributed by atoms with Crippen LogP contribution in [0.4, 0.5) is 11.4 Å². The van der Waals surface area contributed by atoms with E-state index in [1.807, 2.05) is 81.4 Å². The summed E-state index contributed by atoms with van der Waals surface area (Å²) in [6.07, 6.45) is 0.885. The fourth-order valence-corrected chi connectivity index (χ4v) is 4.71. The van der Waals surface area contributed by atoms with E-state index < -0.39 is 17.7 Å². The number of carbonyl (C=O) groups excluding carboxylic acids is 2. The molecule has 6 heteroatoms. The van der Waals surface area contributed by atoms with Gasteiger partial charge in [-0.1, -0.05) is 45.0 Å². The van der Waals surface area contributed by atoms with Crippen LogP contribution in [0.25, 0.3) is 5.76 Å². The summed E-state index contributed by atoms with van der Waals surface area (Å²) in [5.74, 6) is -0.502. The van der Waals surface area contributed by atoms with Crippen molar-refractivity contribution in [1.82, 2.24) is 0 Å². The van der Waals surface area contributed by atoms with E-state index in [4.69, 9.17) is 4.74 Å². The zero-order valence-electron chi connectivity index (χ0n) is 23.0. The molecule has 3 aromatic rings. The number of hydrogen-bond donors (Lipinski definition) is 1. The van der Waals surface area contributed by atoms with Gasteiger partial charge < -0.3 is 14.7 Å². The molecule has 0 spiro atoms. The predicted octanol–water partition coefficient (Wildman–Crippen LogP) is 6.60. The van der Waals surface area contributed by atoms with Crippen molar-refractivity contribution < 1.29 is 19.4 Å². The first-order valence-electron chi connectivity index (χ1n) is 13.1. The first-order valence-corrected chi connectivity index (χ1v) is 13.1. The topological polar surface area (TPSA) is 70.1 Å². The maximum Gasteiger partial charge on any atom is 0.300 e. The summed E-state index contributed by atoms with van der Waals surface area (Å²) in [6, 6.07) is 19.9. The van der Waals surface area contributed by atoms with Crippen LogP contribution in [-0.4, -0.2) is 37.5 Å². The maximum atomic E-state index is 13.5. The van der Waals surface area contributed by atoms with Crippen molar-refractivity contribution in [2.45, 2.75) is 46.1 Å². The highest BCUT2D eigenvalue weighted by Gasteiger charge is 2.47. The van der Waals surface area contributed by atoms with E-state index in [0.717, 1.165) is 34.5 Å². The molecule has 1 amide bonds. The molecule has 6 nitrogen and oxygen atoms in total. The standard InChI is InChI=1S/C32H36N2O4/c1-7-18-38-27-17-12-24(19-21(27)4)30(35)28-29(23-10-8-22(9-11-23)20(2)3)34(32(37)31(28)36)26-15-13-25(14-16-26)33(5)6/h8-17,19-20,29,35H,7,18H2,1-6H3/b30-28-. The van der Waals surface area contributed by atoms with Crippen LogP contribution in [0.1, 0.15) is 61.4 Å². The van der Waals surface area contributed by atoms with Crippen molar-refractivity contribution in [2.75, 3.05) is 30.5 Å². The average Bonchev–Trinajstić information content (AvgIpc) is 3.17. The molecule has 38 heavy (non-hydrogen) atoms. The molecule has 4 rings (SSSR count). The largest absolute Gasteiger partial charge is 0.507 e. The van der Waals surface area contributed by atoms with Crippen molar-refractivity contribution >= 4 is 28.8 Å². The summed E-state index contributed by atoms with van der Waals surface area (Å²) >= 11 is 0. The van der Waals surface area contributed by atoms with Crippen molar-refractivity contribution in [3.63, 3.8) is 0 Å². The normalized spacial score (nSPS) is 16.8. The molecular weight excluding hydrogens is 476 g/mol. The molecule has 0 aromatic heterocycles. The number of ether oxygens (including phenoxy) is 1. The summed E-state index contributed by atoms with van der Waals surface area (Å²) in [5, 5.41) is 11.5. The molecule has 0 saturated carbocycles. The Morgan fingerprint density at radius 1 is 1.00 bits per heavy atom. The van der Waals surface area contributed by atoms with Gasteiger partial charge in [-0.2, -0.15) is 0 Å². The lowest BCUT2D eigenvalue weighted by molar-refractivity contribution is -0.132. The highest BCUT2D eigenvalue weighted by atomic mass is 16.5. The number of aliphatic hydroxyl groups is 1. The van der Waals surface area contributed by atoms with E-state index in [0.29, 0.717) is 23.8 Å². The minimum atomic E-state index is -0.766. The molecular formula is C32H36N2O4. The molecule has 0 bridgehead atoms. The first-order chi connectivity index (χ1) is 18.1. The molecule has 1 aliphatic rings. The average molecular weight is 513 g/mol. The van der Waals surface area contributed by atoms with Gasteiger partial charge >= 0.3 is 0 Å². The zero-order chi connectivity index (χ0) is 27.6. The summed E-state index contributed by atoms with van der Waals surface area (Å²) in [5.41, 5.74) is 4.86. The third-order valence-corrected chi connectivity index (χ3v) is 6.92. The second-order valence-electron chi connectivity index (χ2n) is 10.2. The number of ketones is 1. The van der Waals surface area contributed by atoms with Crippen molar-refractivity contribution in [3.05, 3.63) is 94.6 Å². The van der Waals surface area contributed by atoms with Gasteiger partial charge in [0, 0.05) is 31.0 Å². The van der Waals surface area contributed by atoms with E-state index in [9.17, 15) is 14.7 Å². The number of hydrogen-bond acceptors (Lipinski definition) is 5. The van der Waals surface area contributed by atoms with Crippen LogP contribution in [0, 0.1) is 6.92 Å². The third kappa shape index (κ3) is 5.17. The van der Waals surface area contributed by atoms with Gasteiger partial charge in [0.2, 0.25) is 0 Å². The van der Waals surface area contributed by atoms with Crippen molar-refractivity contribution in [1.29, 1.82) is 0 Å². The molecule has 3 aromatic carbocycles. The quantitative estimate of drug-likeness (QED) is 0.209.